The lowest BCUT2D eigenvalue weighted by molar-refractivity contribution is -0.274. The molecule has 6 nitrogen and oxygen atoms in total. The maximum atomic E-state index is 12.5. The number of amides is 1. The first-order valence-electron chi connectivity index (χ1n) is 8.72. The molecule has 3 aromatic rings. The lowest BCUT2D eigenvalue weighted by atomic mass is 10.0. The number of hydrogen-bond acceptors (Lipinski definition) is 4. The molecule has 1 amide bonds. The number of alkyl halides is 3. The Morgan fingerprint density at radius 2 is 1.93 bits per heavy atom. The molecule has 10 heteroatoms. The van der Waals surface area contributed by atoms with Gasteiger partial charge in [-0.15, -0.1) is 13.2 Å². The zero-order chi connectivity index (χ0) is 22.1. The highest BCUT2D eigenvalue weighted by atomic mass is 35.5. The molecule has 0 radical (unpaired) electrons. The number of ether oxygens (including phenoxy) is 1. The maximum Gasteiger partial charge on any atom is 0.573 e. The van der Waals surface area contributed by atoms with Crippen LogP contribution in [-0.4, -0.2) is 27.6 Å². The van der Waals surface area contributed by atoms with E-state index in [1.54, 1.807) is 16.8 Å². The van der Waals surface area contributed by atoms with E-state index < -0.39 is 23.6 Å². The summed E-state index contributed by atoms with van der Waals surface area (Å²) in [5, 5.41) is 18.1. The second-order valence-electron chi connectivity index (χ2n) is 6.87. The molecule has 2 aromatic carbocycles. The number of rotatable bonds is 5. The SMILES string of the molecule is Cc1c2ccc(Cl)cc2nn1CC(C)(C#N)NC(=O)c1ccc(OC(F)(F)F)cc1. The van der Waals surface area contributed by atoms with Gasteiger partial charge in [-0.3, -0.25) is 9.48 Å². The summed E-state index contributed by atoms with van der Waals surface area (Å²) in [4.78, 5) is 12.5. The van der Waals surface area contributed by atoms with Crippen molar-refractivity contribution in [3.05, 3.63) is 58.7 Å². The average molecular weight is 437 g/mol. The molecule has 0 fully saturated rings. The van der Waals surface area contributed by atoms with Crippen LogP contribution < -0.4 is 10.1 Å². The number of carbonyl (C=O) groups excluding carboxylic acids is 1. The molecule has 0 saturated heterocycles. The largest absolute Gasteiger partial charge is 0.573 e. The Hall–Kier alpha value is -3.25. The first kappa shape index (κ1) is 21.5. The summed E-state index contributed by atoms with van der Waals surface area (Å²) in [5.41, 5.74) is 0.215. The molecule has 1 atom stereocenters. The van der Waals surface area contributed by atoms with Gasteiger partial charge in [-0.1, -0.05) is 11.6 Å². The van der Waals surface area contributed by atoms with E-state index >= 15 is 0 Å². The molecular formula is C20H16ClF3N4O2. The van der Waals surface area contributed by atoms with Crippen LogP contribution in [0.15, 0.2) is 42.5 Å². The molecule has 1 N–H and O–H groups in total. The summed E-state index contributed by atoms with van der Waals surface area (Å²) < 4.78 is 42.1. The lowest BCUT2D eigenvalue weighted by Gasteiger charge is -2.24. The number of fused-ring (bicyclic) bond motifs is 1. The van der Waals surface area contributed by atoms with Crippen molar-refractivity contribution < 1.29 is 22.7 Å². The predicted molar refractivity (Wildman–Crippen MR) is 104 cm³/mol. The van der Waals surface area contributed by atoms with Crippen LogP contribution in [-0.2, 0) is 6.54 Å². The number of aromatic nitrogens is 2. The van der Waals surface area contributed by atoms with Gasteiger partial charge in [0.15, 0.2) is 0 Å². The minimum absolute atomic E-state index is 0.0582. The standard InChI is InChI=1S/C20H16ClF3N4O2/c1-12-16-8-5-14(21)9-17(16)27-28(12)11-19(2,10-25)26-18(29)13-3-6-15(7-4-13)30-20(22,23)24/h3-9H,11H2,1-2H3,(H,26,29). The zero-order valence-electron chi connectivity index (χ0n) is 15.9. The quantitative estimate of drug-likeness (QED) is 0.633. The molecular weight excluding hydrogens is 421 g/mol. The Labute approximate surface area is 174 Å². The Morgan fingerprint density at radius 1 is 1.27 bits per heavy atom. The third kappa shape index (κ3) is 4.83. The van der Waals surface area contributed by atoms with Crippen molar-refractivity contribution in [2.75, 3.05) is 0 Å². The number of halogens is 4. The van der Waals surface area contributed by atoms with Crippen molar-refractivity contribution in [1.29, 1.82) is 5.26 Å². The summed E-state index contributed by atoms with van der Waals surface area (Å²) in [5.74, 6) is -1.06. The van der Waals surface area contributed by atoms with E-state index in [2.05, 4.69) is 21.2 Å². The Kier molecular flexibility index (Phi) is 5.63. The van der Waals surface area contributed by atoms with E-state index in [-0.39, 0.29) is 12.1 Å². The lowest BCUT2D eigenvalue weighted by Crippen LogP contribution is -2.48. The van der Waals surface area contributed by atoms with Crippen LogP contribution in [0.4, 0.5) is 13.2 Å². The van der Waals surface area contributed by atoms with Gasteiger partial charge in [0.05, 0.1) is 18.1 Å². The molecule has 0 aliphatic carbocycles. The van der Waals surface area contributed by atoms with E-state index in [4.69, 9.17) is 11.6 Å². The highest BCUT2D eigenvalue weighted by Gasteiger charge is 2.31. The van der Waals surface area contributed by atoms with Gasteiger partial charge in [-0.05, 0) is 56.3 Å². The van der Waals surface area contributed by atoms with E-state index in [1.807, 2.05) is 13.0 Å². The van der Waals surface area contributed by atoms with Gasteiger partial charge in [0, 0.05) is 21.7 Å². The summed E-state index contributed by atoms with van der Waals surface area (Å²) in [6, 6.07) is 11.7. The summed E-state index contributed by atoms with van der Waals surface area (Å²) in [6.45, 7) is 3.43. The van der Waals surface area contributed by atoms with Crippen molar-refractivity contribution in [3.63, 3.8) is 0 Å². The normalized spacial score (nSPS) is 13.5. The van der Waals surface area contributed by atoms with Crippen molar-refractivity contribution >= 4 is 28.4 Å². The predicted octanol–water partition coefficient (Wildman–Crippen LogP) is 4.61. The zero-order valence-corrected chi connectivity index (χ0v) is 16.7. The molecule has 0 spiro atoms. The highest BCUT2D eigenvalue weighted by molar-refractivity contribution is 6.31. The van der Waals surface area contributed by atoms with Crippen LogP contribution in [0.5, 0.6) is 5.75 Å². The molecule has 0 aliphatic rings. The van der Waals surface area contributed by atoms with Crippen LogP contribution in [0.25, 0.3) is 10.9 Å². The molecule has 30 heavy (non-hydrogen) atoms. The van der Waals surface area contributed by atoms with Gasteiger partial charge in [0.2, 0.25) is 0 Å². The first-order chi connectivity index (χ1) is 14.0. The van der Waals surface area contributed by atoms with Crippen molar-refractivity contribution in [2.45, 2.75) is 32.3 Å². The average Bonchev–Trinajstić information content (AvgIpc) is 2.95. The maximum absolute atomic E-state index is 12.5. The van der Waals surface area contributed by atoms with Crippen LogP contribution >= 0.6 is 11.6 Å². The van der Waals surface area contributed by atoms with Gasteiger partial charge < -0.3 is 10.1 Å². The number of carbonyl (C=O) groups is 1. The molecule has 3 rings (SSSR count). The number of nitrogens with one attached hydrogen (secondary N) is 1. The fraction of sp³-hybridized carbons (Fsp3) is 0.250. The first-order valence-corrected chi connectivity index (χ1v) is 9.10. The second kappa shape index (κ2) is 7.88. The molecule has 1 heterocycles. The number of hydrogen-bond donors (Lipinski definition) is 1. The van der Waals surface area contributed by atoms with E-state index in [9.17, 15) is 23.2 Å². The minimum Gasteiger partial charge on any atom is -0.406 e. The van der Waals surface area contributed by atoms with Gasteiger partial charge in [-0.25, -0.2) is 0 Å². The molecule has 0 saturated carbocycles. The van der Waals surface area contributed by atoms with Gasteiger partial charge in [0.1, 0.15) is 11.3 Å². The molecule has 1 unspecified atom stereocenters. The Bertz CT molecular complexity index is 1140. The van der Waals surface area contributed by atoms with Gasteiger partial charge in [-0.2, -0.15) is 10.4 Å². The summed E-state index contributed by atoms with van der Waals surface area (Å²) in [6.07, 6.45) is -4.82. The van der Waals surface area contributed by atoms with Crippen molar-refractivity contribution in [2.24, 2.45) is 0 Å². The third-order valence-electron chi connectivity index (χ3n) is 4.42. The summed E-state index contributed by atoms with van der Waals surface area (Å²) >= 11 is 5.99. The van der Waals surface area contributed by atoms with E-state index in [0.717, 1.165) is 23.2 Å². The number of nitrogens with zero attached hydrogens (tertiary/aromatic N) is 3. The fourth-order valence-electron chi connectivity index (χ4n) is 2.92. The number of benzene rings is 2. The highest BCUT2D eigenvalue weighted by Crippen LogP contribution is 2.24. The molecule has 0 bridgehead atoms. The summed E-state index contributed by atoms with van der Waals surface area (Å²) in [7, 11) is 0. The van der Waals surface area contributed by atoms with Gasteiger partial charge >= 0.3 is 6.36 Å². The third-order valence-corrected chi connectivity index (χ3v) is 4.65. The van der Waals surface area contributed by atoms with Crippen LogP contribution in [0.3, 0.4) is 0 Å². The van der Waals surface area contributed by atoms with Crippen LogP contribution in [0, 0.1) is 18.3 Å². The number of nitriles is 1. The molecule has 1 aromatic heterocycles. The topological polar surface area (TPSA) is 79.9 Å². The Morgan fingerprint density at radius 3 is 2.53 bits per heavy atom. The van der Waals surface area contributed by atoms with E-state index in [1.165, 1.54) is 19.1 Å². The van der Waals surface area contributed by atoms with E-state index in [0.29, 0.717) is 10.5 Å². The van der Waals surface area contributed by atoms with Crippen LogP contribution in [0.2, 0.25) is 5.02 Å². The van der Waals surface area contributed by atoms with Crippen molar-refractivity contribution in [1.82, 2.24) is 15.1 Å². The smallest absolute Gasteiger partial charge is 0.406 e. The molecule has 0 aliphatic heterocycles. The van der Waals surface area contributed by atoms with Crippen molar-refractivity contribution in [3.8, 4) is 11.8 Å². The minimum atomic E-state index is -4.82. The second-order valence-corrected chi connectivity index (χ2v) is 7.31. The Balaban J connectivity index is 1.78. The van der Waals surface area contributed by atoms with Gasteiger partial charge in [0.25, 0.3) is 5.91 Å². The van der Waals surface area contributed by atoms with Crippen LogP contribution in [0.1, 0.15) is 23.0 Å². The monoisotopic (exact) mass is 436 g/mol. The molecule has 156 valence electrons. The number of aryl methyl sites for hydroxylation is 1. The fourth-order valence-corrected chi connectivity index (χ4v) is 3.09.